The molecular formula is C8H14O3S. The maximum Gasteiger partial charge on any atom is 0.271 e. The van der Waals surface area contributed by atoms with Gasteiger partial charge in [0, 0.05) is 6.42 Å². The van der Waals surface area contributed by atoms with Gasteiger partial charge in [-0.15, -0.1) is 0 Å². The van der Waals surface area contributed by atoms with Gasteiger partial charge in [0.05, 0.1) is 6.61 Å². The van der Waals surface area contributed by atoms with Crippen molar-refractivity contribution in [2.24, 2.45) is 0 Å². The van der Waals surface area contributed by atoms with Crippen LogP contribution in [0.4, 0.5) is 0 Å². The molecule has 70 valence electrons. The zero-order valence-corrected chi connectivity index (χ0v) is 8.28. The Bertz CT molecular complexity index is 156. The number of carbonyl (C=O) groups excluding carboxylic acids is 1. The van der Waals surface area contributed by atoms with Gasteiger partial charge in [0.15, 0.2) is 0 Å². The monoisotopic (exact) mass is 190 g/mol. The van der Waals surface area contributed by atoms with Gasteiger partial charge in [0.25, 0.3) is 5.05 Å². The second-order valence-electron chi connectivity index (χ2n) is 2.37. The molecule has 0 amide bonds. The van der Waals surface area contributed by atoms with Gasteiger partial charge < -0.3 is 4.89 Å². The summed E-state index contributed by atoms with van der Waals surface area (Å²) in [7, 11) is 0. The Morgan fingerprint density at radius 2 is 2.00 bits per heavy atom. The molecular weight excluding hydrogens is 176 g/mol. The first-order valence-corrected chi connectivity index (χ1v) is 4.49. The van der Waals surface area contributed by atoms with Gasteiger partial charge in [-0.25, -0.2) is 0 Å². The summed E-state index contributed by atoms with van der Waals surface area (Å²) in [6.07, 6.45) is 2.04. The second-order valence-corrected chi connectivity index (χ2v) is 2.74. The van der Waals surface area contributed by atoms with Crippen molar-refractivity contribution in [1.82, 2.24) is 0 Å². The van der Waals surface area contributed by atoms with Crippen molar-refractivity contribution >= 4 is 23.1 Å². The number of hydrogen-bond acceptors (Lipinski definition) is 4. The summed E-state index contributed by atoms with van der Waals surface area (Å²) in [4.78, 5) is 20.2. The van der Waals surface area contributed by atoms with Gasteiger partial charge in [-0.2, -0.15) is 4.89 Å². The summed E-state index contributed by atoms with van der Waals surface area (Å²) in [5.74, 6) is -0.163. The predicted octanol–water partition coefficient (Wildman–Crippen LogP) is 2.04. The molecule has 0 spiro atoms. The first-order valence-electron chi connectivity index (χ1n) is 4.09. The molecule has 0 rings (SSSR count). The van der Waals surface area contributed by atoms with Crippen LogP contribution in [0, 0.1) is 0 Å². The lowest BCUT2D eigenvalue weighted by molar-refractivity contribution is -0.220. The van der Waals surface area contributed by atoms with Crippen LogP contribution in [0.1, 0.15) is 33.1 Å². The number of hydrogen-bond donors (Lipinski definition) is 0. The molecule has 0 aliphatic rings. The second kappa shape index (κ2) is 7.18. The van der Waals surface area contributed by atoms with Crippen LogP contribution in [-0.4, -0.2) is 17.4 Å². The molecule has 0 aliphatic carbocycles. The first-order chi connectivity index (χ1) is 5.72. The number of carbonyl (C=O) groups is 1. The minimum atomic E-state index is -0.163. The lowest BCUT2D eigenvalue weighted by Crippen LogP contribution is -2.15. The van der Waals surface area contributed by atoms with Crippen molar-refractivity contribution in [2.45, 2.75) is 33.1 Å². The topological polar surface area (TPSA) is 35.5 Å². The molecule has 4 heteroatoms. The smallest absolute Gasteiger partial charge is 0.271 e. The fourth-order valence-electron chi connectivity index (χ4n) is 0.554. The Labute approximate surface area is 78.0 Å². The average Bonchev–Trinajstić information content (AvgIpc) is 2.05. The third kappa shape index (κ3) is 5.21. The van der Waals surface area contributed by atoms with E-state index in [1.165, 1.54) is 0 Å². The maximum atomic E-state index is 11.0. The zero-order chi connectivity index (χ0) is 9.40. The molecule has 0 aliphatic heterocycles. The Kier molecular flexibility index (Phi) is 6.90. The molecule has 0 heterocycles. The van der Waals surface area contributed by atoms with Crippen LogP contribution in [0.2, 0.25) is 0 Å². The molecule has 0 atom stereocenters. The highest BCUT2D eigenvalue weighted by atomic mass is 32.1. The van der Waals surface area contributed by atoms with E-state index in [4.69, 9.17) is 0 Å². The van der Waals surface area contributed by atoms with Crippen LogP contribution < -0.4 is 0 Å². The molecule has 0 saturated carbocycles. The molecule has 0 radical (unpaired) electrons. The van der Waals surface area contributed by atoms with Gasteiger partial charge in [0.2, 0.25) is 5.78 Å². The molecule has 0 bridgehead atoms. The molecule has 0 unspecified atom stereocenters. The van der Waals surface area contributed by atoms with E-state index in [0.717, 1.165) is 12.8 Å². The normalized spacial score (nSPS) is 9.50. The van der Waals surface area contributed by atoms with E-state index < -0.39 is 0 Å². The Hall–Kier alpha value is -0.480. The molecule has 0 aromatic carbocycles. The van der Waals surface area contributed by atoms with Crippen molar-refractivity contribution in [3.63, 3.8) is 0 Å². The van der Waals surface area contributed by atoms with Gasteiger partial charge in [-0.1, -0.05) is 13.8 Å². The van der Waals surface area contributed by atoms with E-state index in [1.807, 2.05) is 13.8 Å². The van der Waals surface area contributed by atoms with Crippen molar-refractivity contribution in [3.8, 4) is 0 Å². The summed E-state index contributed by atoms with van der Waals surface area (Å²) < 4.78 is 0. The SMILES string of the molecule is CCCOOC(=S)C(=O)CCC. The molecule has 0 N–H and O–H groups in total. The van der Waals surface area contributed by atoms with Crippen LogP contribution in [0.3, 0.4) is 0 Å². The molecule has 0 aromatic heterocycles. The van der Waals surface area contributed by atoms with Gasteiger partial charge in [0.1, 0.15) is 0 Å². The van der Waals surface area contributed by atoms with E-state index in [2.05, 4.69) is 22.0 Å². The fourth-order valence-corrected chi connectivity index (χ4v) is 0.704. The molecule has 3 nitrogen and oxygen atoms in total. The van der Waals surface area contributed by atoms with Crippen molar-refractivity contribution < 1.29 is 14.6 Å². The van der Waals surface area contributed by atoms with Gasteiger partial charge in [-0.05, 0) is 25.1 Å². The fraction of sp³-hybridized carbons (Fsp3) is 0.750. The predicted molar refractivity (Wildman–Crippen MR) is 49.8 cm³/mol. The highest BCUT2D eigenvalue weighted by Crippen LogP contribution is 1.95. The summed E-state index contributed by atoms with van der Waals surface area (Å²) in [6, 6.07) is 0. The Morgan fingerprint density at radius 1 is 1.33 bits per heavy atom. The van der Waals surface area contributed by atoms with Crippen molar-refractivity contribution in [1.29, 1.82) is 0 Å². The lowest BCUT2D eigenvalue weighted by Gasteiger charge is -2.02. The minimum absolute atomic E-state index is 0.0645. The quantitative estimate of drug-likeness (QED) is 0.278. The largest absolute Gasteiger partial charge is 0.322 e. The van der Waals surface area contributed by atoms with E-state index in [0.29, 0.717) is 13.0 Å². The summed E-state index contributed by atoms with van der Waals surface area (Å²) in [5, 5.41) is -0.0645. The minimum Gasteiger partial charge on any atom is -0.322 e. The number of thiocarbonyl (C=S) groups is 1. The van der Waals surface area contributed by atoms with Gasteiger partial charge >= 0.3 is 0 Å². The zero-order valence-electron chi connectivity index (χ0n) is 7.46. The molecule has 0 aromatic rings. The van der Waals surface area contributed by atoms with E-state index in [9.17, 15) is 4.79 Å². The third-order valence-electron chi connectivity index (χ3n) is 1.13. The molecule has 12 heavy (non-hydrogen) atoms. The number of ketones is 1. The number of Topliss-reactive ketones (excluding diaryl/α,β-unsaturated/α-hetero) is 1. The van der Waals surface area contributed by atoms with Gasteiger partial charge in [-0.3, -0.25) is 4.79 Å². The number of rotatable bonds is 6. The van der Waals surface area contributed by atoms with Crippen LogP contribution >= 0.6 is 12.2 Å². The average molecular weight is 190 g/mol. The summed E-state index contributed by atoms with van der Waals surface area (Å²) in [6.45, 7) is 4.31. The van der Waals surface area contributed by atoms with E-state index in [-0.39, 0.29) is 10.8 Å². The standard InChI is InChI=1S/C8H14O3S/c1-3-5-7(9)8(12)11-10-6-4-2/h3-6H2,1-2H3. The van der Waals surface area contributed by atoms with Crippen molar-refractivity contribution in [3.05, 3.63) is 0 Å². The highest BCUT2D eigenvalue weighted by Gasteiger charge is 2.09. The third-order valence-corrected chi connectivity index (χ3v) is 1.42. The van der Waals surface area contributed by atoms with E-state index >= 15 is 0 Å². The van der Waals surface area contributed by atoms with Crippen LogP contribution in [0.5, 0.6) is 0 Å². The Balaban J connectivity index is 3.50. The van der Waals surface area contributed by atoms with Crippen LogP contribution in [0.15, 0.2) is 0 Å². The first kappa shape index (κ1) is 11.5. The van der Waals surface area contributed by atoms with Crippen molar-refractivity contribution in [2.75, 3.05) is 6.61 Å². The molecule has 0 fully saturated rings. The molecule has 0 saturated heterocycles. The Morgan fingerprint density at radius 3 is 2.50 bits per heavy atom. The summed E-state index contributed by atoms with van der Waals surface area (Å²) in [5.41, 5.74) is 0. The van der Waals surface area contributed by atoms with E-state index in [1.54, 1.807) is 0 Å². The van der Waals surface area contributed by atoms with Crippen LogP contribution in [-0.2, 0) is 14.6 Å². The highest BCUT2D eigenvalue weighted by molar-refractivity contribution is 7.81. The van der Waals surface area contributed by atoms with Crippen LogP contribution in [0.25, 0.3) is 0 Å². The lowest BCUT2D eigenvalue weighted by atomic mass is 10.2. The maximum absolute atomic E-state index is 11.0. The summed E-state index contributed by atoms with van der Waals surface area (Å²) >= 11 is 4.66.